The van der Waals surface area contributed by atoms with Crippen molar-refractivity contribution >= 4 is 11.8 Å². The van der Waals surface area contributed by atoms with Gasteiger partial charge in [0.1, 0.15) is 0 Å². The predicted molar refractivity (Wildman–Crippen MR) is 87.9 cm³/mol. The lowest BCUT2D eigenvalue weighted by atomic mass is 10.1. The van der Waals surface area contributed by atoms with E-state index in [4.69, 9.17) is 4.42 Å². The van der Waals surface area contributed by atoms with Crippen molar-refractivity contribution in [2.45, 2.75) is 26.3 Å². The quantitative estimate of drug-likeness (QED) is 0.799. The van der Waals surface area contributed by atoms with Gasteiger partial charge in [0.05, 0.1) is 6.26 Å². The number of furan rings is 1. The lowest BCUT2D eigenvalue weighted by Crippen LogP contribution is -2.28. The average molecular weight is 314 g/mol. The molecule has 0 atom stereocenters. The first-order valence-electron chi connectivity index (χ1n) is 7.68. The number of nitrogens with one attached hydrogen (secondary N) is 1. The van der Waals surface area contributed by atoms with Gasteiger partial charge in [-0.1, -0.05) is 24.3 Å². The molecule has 5 nitrogen and oxygen atoms in total. The zero-order chi connectivity index (χ0) is 16.7. The number of nitrogens with zero attached hydrogens (tertiary/aromatic N) is 1. The highest BCUT2D eigenvalue weighted by Gasteiger charge is 2.11. The Labute approximate surface area is 136 Å². The van der Waals surface area contributed by atoms with Gasteiger partial charge < -0.3 is 14.6 Å². The molecule has 0 aliphatic rings. The predicted octanol–water partition coefficient (Wildman–Crippen LogP) is 2.76. The standard InChI is InChI=1S/C18H22N2O3/c1-14-7-3-4-8-15(14)13-20(2)17(21)10-5-11-19-18(22)16-9-6-12-23-16/h3-4,6-9,12H,5,10-11,13H2,1-2H3,(H,19,22). The Morgan fingerprint density at radius 2 is 1.96 bits per heavy atom. The van der Waals surface area contributed by atoms with Crippen molar-refractivity contribution in [2.24, 2.45) is 0 Å². The summed E-state index contributed by atoms with van der Waals surface area (Å²) in [5, 5.41) is 2.73. The second-order valence-corrected chi connectivity index (χ2v) is 5.51. The minimum Gasteiger partial charge on any atom is -0.459 e. The first-order chi connectivity index (χ1) is 11.1. The second kappa shape index (κ2) is 8.17. The van der Waals surface area contributed by atoms with E-state index in [1.807, 2.05) is 31.2 Å². The smallest absolute Gasteiger partial charge is 0.286 e. The summed E-state index contributed by atoms with van der Waals surface area (Å²) < 4.78 is 5.00. The Hall–Kier alpha value is -2.56. The zero-order valence-electron chi connectivity index (χ0n) is 13.5. The molecule has 0 saturated heterocycles. The van der Waals surface area contributed by atoms with Crippen LogP contribution in [0.25, 0.3) is 0 Å². The Morgan fingerprint density at radius 1 is 1.17 bits per heavy atom. The maximum absolute atomic E-state index is 12.1. The Morgan fingerprint density at radius 3 is 2.65 bits per heavy atom. The summed E-state index contributed by atoms with van der Waals surface area (Å²) in [6, 6.07) is 11.3. The summed E-state index contributed by atoms with van der Waals surface area (Å²) in [5.74, 6) is 0.101. The molecule has 0 fully saturated rings. The van der Waals surface area contributed by atoms with Crippen LogP contribution in [0.2, 0.25) is 0 Å². The number of benzene rings is 1. The van der Waals surface area contributed by atoms with Crippen LogP contribution in [-0.2, 0) is 11.3 Å². The second-order valence-electron chi connectivity index (χ2n) is 5.51. The van der Waals surface area contributed by atoms with Crippen molar-refractivity contribution in [3.63, 3.8) is 0 Å². The fraction of sp³-hybridized carbons (Fsp3) is 0.333. The molecule has 1 heterocycles. The summed E-state index contributed by atoms with van der Waals surface area (Å²) >= 11 is 0. The fourth-order valence-corrected chi connectivity index (χ4v) is 2.26. The molecular weight excluding hydrogens is 292 g/mol. The van der Waals surface area contributed by atoms with Gasteiger partial charge in [0, 0.05) is 26.6 Å². The number of hydrogen-bond donors (Lipinski definition) is 1. The van der Waals surface area contributed by atoms with E-state index in [0.717, 1.165) is 5.56 Å². The number of aryl methyl sites for hydroxylation is 1. The molecule has 0 saturated carbocycles. The summed E-state index contributed by atoms with van der Waals surface area (Å²) in [7, 11) is 1.80. The SMILES string of the molecule is Cc1ccccc1CN(C)C(=O)CCCNC(=O)c1ccco1. The molecule has 23 heavy (non-hydrogen) atoms. The molecule has 1 aromatic carbocycles. The third kappa shape index (κ3) is 4.98. The molecule has 2 rings (SSSR count). The van der Waals surface area contributed by atoms with E-state index in [0.29, 0.717) is 25.9 Å². The highest BCUT2D eigenvalue weighted by atomic mass is 16.3. The number of amides is 2. The number of rotatable bonds is 7. The molecule has 5 heteroatoms. The van der Waals surface area contributed by atoms with Crippen LogP contribution in [0.15, 0.2) is 47.1 Å². The summed E-state index contributed by atoms with van der Waals surface area (Å²) in [4.78, 5) is 25.5. The van der Waals surface area contributed by atoms with E-state index in [2.05, 4.69) is 5.32 Å². The van der Waals surface area contributed by atoms with Gasteiger partial charge in [-0.25, -0.2) is 0 Å². The first kappa shape index (κ1) is 16.8. The van der Waals surface area contributed by atoms with E-state index < -0.39 is 0 Å². The summed E-state index contributed by atoms with van der Waals surface area (Å²) in [5.41, 5.74) is 2.33. The minimum absolute atomic E-state index is 0.0699. The van der Waals surface area contributed by atoms with Crippen LogP contribution in [0.1, 0.15) is 34.5 Å². The highest BCUT2D eigenvalue weighted by Crippen LogP contribution is 2.10. The fourth-order valence-electron chi connectivity index (χ4n) is 2.26. The van der Waals surface area contributed by atoms with Gasteiger partial charge in [-0.2, -0.15) is 0 Å². The average Bonchev–Trinajstić information content (AvgIpc) is 3.07. The number of hydrogen-bond acceptors (Lipinski definition) is 3. The van der Waals surface area contributed by atoms with Gasteiger partial charge in [0.2, 0.25) is 5.91 Å². The van der Waals surface area contributed by atoms with Crippen molar-refractivity contribution in [3.8, 4) is 0 Å². The number of carbonyl (C=O) groups is 2. The van der Waals surface area contributed by atoms with Crippen LogP contribution in [0.4, 0.5) is 0 Å². The topological polar surface area (TPSA) is 62.6 Å². The maximum atomic E-state index is 12.1. The van der Waals surface area contributed by atoms with Crippen LogP contribution in [0.3, 0.4) is 0 Å². The molecular formula is C18H22N2O3. The van der Waals surface area contributed by atoms with Gasteiger partial charge in [-0.15, -0.1) is 0 Å². The molecule has 0 aliphatic heterocycles. The maximum Gasteiger partial charge on any atom is 0.286 e. The first-order valence-corrected chi connectivity index (χ1v) is 7.68. The molecule has 0 bridgehead atoms. The molecule has 0 aliphatic carbocycles. The van der Waals surface area contributed by atoms with Crippen molar-refractivity contribution in [2.75, 3.05) is 13.6 Å². The van der Waals surface area contributed by atoms with E-state index in [1.54, 1.807) is 24.1 Å². The van der Waals surface area contributed by atoms with E-state index in [-0.39, 0.29) is 17.6 Å². The molecule has 1 aromatic heterocycles. The van der Waals surface area contributed by atoms with Crippen molar-refractivity contribution in [3.05, 3.63) is 59.5 Å². The van der Waals surface area contributed by atoms with Gasteiger partial charge >= 0.3 is 0 Å². The van der Waals surface area contributed by atoms with Crippen LogP contribution in [-0.4, -0.2) is 30.3 Å². The van der Waals surface area contributed by atoms with Gasteiger partial charge in [0.25, 0.3) is 5.91 Å². The molecule has 2 aromatic rings. The third-order valence-electron chi connectivity index (χ3n) is 3.69. The molecule has 0 unspecified atom stereocenters. The largest absolute Gasteiger partial charge is 0.459 e. The monoisotopic (exact) mass is 314 g/mol. The van der Waals surface area contributed by atoms with Crippen LogP contribution >= 0.6 is 0 Å². The van der Waals surface area contributed by atoms with E-state index in [9.17, 15) is 9.59 Å². The normalized spacial score (nSPS) is 10.3. The van der Waals surface area contributed by atoms with Gasteiger partial charge in [-0.3, -0.25) is 9.59 Å². The van der Waals surface area contributed by atoms with Crippen LogP contribution in [0.5, 0.6) is 0 Å². The Balaban J connectivity index is 1.70. The van der Waals surface area contributed by atoms with Crippen molar-refractivity contribution in [1.82, 2.24) is 10.2 Å². The highest BCUT2D eigenvalue weighted by molar-refractivity contribution is 5.91. The Bertz CT molecular complexity index is 650. The minimum atomic E-state index is -0.254. The lowest BCUT2D eigenvalue weighted by molar-refractivity contribution is -0.130. The molecule has 2 amide bonds. The molecule has 122 valence electrons. The van der Waals surface area contributed by atoms with Crippen LogP contribution < -0.4 is 5.32 Å². The lowest BCUT2D eigenvalue weighted by Gasteiger charge is -2.18. The molecule has 0 radical (unpaired) electrons. The zero-order valence-corrected chi connectivity index (χ0v) is 13.5. The summed E-state index contributed by atoms with van der Waals surface area (Å²) in [6.07, 6.45) is 2.46. The van der Waals surface area contributed by atoms with Gasteiger partial charge in [0.15, 0.2) is 5.76 Å². The summed E-state index contributed by atoms with van der Waals surface area (Å²) in [6.45, 7) is 3.09. The third-order valence-corrected chi connectivity index (χ3v) is 3.69. The number of carbonyl (C=O) groups excluding carboxylic acids is 2. The van der Waals surface area contributed by atoms with Gasteiger partial charge in [-0.05, 0) is 36.6 Å². The Kier molecular flexibility index (Phi) is 5.97. The molecule has 1 N–H and O–H groups in total. The van der Waals surface area contributed by atoms with Crippen LogP contribution in [0, 0.1) is 6.92 Å². The van der Waals surface area contributed by atoms with E-state index in [1.165, 1.54) is 11.8 Å². The molecule has 0 spiro atoms. The van der Waals surface area contributed by atoms with Crippen molar-refractivity contribution < 1.29 is 14.0 Å². The van der Waals surface area contributed by atoms with Crippen molar-refractivity contribution in [1.29, 1.82) is 0 Å². The van der Waals surface area contributed by atoms with E-state index >= 15 is 0 Å².